The van der Waals surface area contributed by atoms with Gasteiger partial charge in [0.25, 0.3) is 5.91 Å². The highest BCUT2D eigenvalue weighted by Crippen LogP contribution is 2.32. The lowest BCUT2D eigenvalue weighted by Gasteiger charge is -2.32. The minimum atomic E-state index is -0.0740. The van der Waals surface area contributed by atoms with Crippen molar-refractivity contribution in [2.75, 3.05) is 39.8 Å². The van der Waals surface area contributed by atoms with Crippen LogP contribution < -0.4 is 5.43 Å². The second-order valence-electron chi connectivity index (χ2n) is 7.17. The lowest BCUT2D eigenvalue weighted by molar-refractivity contribution is -0.127. The highest BCUT2D eigenvalue weighted by atomic mass is 32.2. The van der Waals surface area contributed by atoms with E-state index in [4.69, 9.17) is 12.2 Å². The summed E-state index contributed by atoms with van der Waals surface area (Å²) >= 11 is 6.69. The van der Waals surface area contributed by atoms with E-state index in [1.54, 1.807) is 4.90 Å². The van der Waals surface area contributed by atoms with E-state index in [1.165, 1.54) is 17.3 Å². The van der Waals surface area contributed by atoms with Crippen LogP contribution in [-0.2, 0) is 9.59 Å². The molecular formula is C20H26N4O2S2. The SMILES string of the molecule is Cc1ccc(/C=C2\SC(=S)N(CCCC(=O)NN3CCN(C)CC3)C2=O)cc1. The largest absolute Gasteiger partial charge is 0.304 e. The number of likely N-dealkylation sites (N-methyl/N-ethyl adjacent to an activating group) is 1. The second-order valence-corrected chi connectivity index (χ2v) is 8.85. The van der Waals surface area contributed by atoms with Crippen LogP contribution in [0.4, 0.5) is 0 Å². The van der Waals surface area contributed by atoms with Gasteiger partial charge in [-0.2, -0.15) is 0 Å². The number of hydrogen-bond acceptors (Lipinski definition) is 6. The molecule has 2 fully saturated rings. The van der Waals surface area contributed by atoms with Crippen LogP contribution in [0.25, 0.3) is 6.08 Å². The Bertz CT molecular complexity index is 771. The predicted molar refractivity (Wildman–Crippen MR) is 118 cm³/mol. The molecule has 150 valence electrons. The average molecular weight is 419 g/mol. The van der Waals surface area contributed by atoms with Crippen molar-refractivity contribution in [3.05, 3.63) is 40.3 Å². The molecule has 0 aliphatic carbocycles. The van der Waals surface area contributed by atoms with E-state index in [-0.39, 0.29) is 11.8 Å². The molecule has 0 bridgehead atoms. The molecule has 0 saturated carbocycles. The number of rotatable bonds is 6. The lowest BCUT2D eigenvalue weighted by Crippen LogP contribution is -2.52. The predicted octanol–water partition coefficient (Wildman–Crippen LogP) is 2.26. The first kappa shape index (κ1) is 21.0. The van der Waals surface area contributed by atoms with Gasteiger partial charge in [-0.25, -0.2) is 5.01 Å². The summed E-state index contributed by atoms with van der Waals surface area (Å²) in [5, 5.41) is 1.96. The molecule has 0 radical (unpaired) electrons. The summed E-state index contributed by atoms with van der Waals surface area (Å²) in [6.45, 7) is 6.06. The van der Waals surface area contributed by atoms with Gasteiger partial charge < -0.3 is 4.90 Å². The zero-order chi connectivity index (χ0) is 20.1. The Hall–Kier alpha value is -1.74. The van der Waals surface area contributed by atoms with Crippen LogP contribution in [-0.4, -0.2) is 70.7 Å². The van der Waals surface area contributed by atoms with Crippen molar-refractivity contribution in [3.8, 4) is 0 Å². The molecule has 8 heteroatoms. The Balaban J connectivity index is 1.46. The minimum absolute atomic E-state index is 0.00908. The molecule has 2 heterocycles. The van der Waals surface area contributed by atoms with E-state index in [2.05, 4.69) is 17.4 Å². The van der Waals surface area contributed by atoms with E-state index < -0.39 is 0 Å². The van der Waals surface area contributed by atoms with Gasteiger partial charge in [-0.3, -0.25) is 19.9 Å². The Morgan fingerprint density at radius 1 is 1.21 bits per heavy atom. The average Bonchev–Trinajstić information content (AvgIpc) is 2.93. The number of thioether (sulfide) groups is 1. The fourth-order valence-electron chi connectivity index (χ4n) is 3.06. The third-order valence-corrected chi connectivity index (χ3v) is 6.20. The van der Waals surface area contributed by atoms with Crippen molar-refractivity contribution in [2.45, 2.75) is 19.8 Å². The molecule has 2 aliphatic heterocycles. The summed E-state index contributed by atoms with van der Waals surface area (Å²) in [5.74, 6) is -0.0831. The standard InChI is InChI=1S/C20H26N4O2S2/c1-15-5-7-16(8-6-15)14-17-19(26)24(20(27)28-17)9-3-4-18(25)21-23-12-10-22(2)11-13-23/h5-8,14H,3-4,9-13H2,1-2H3,(H,21,25)/b17-14-. The van der Waals surface area contributed by atoms with Crippen molar-refractivity contribution >= 4 is 46.2 Å². The maximum absolute atomic E-state index is 12.6. The molecule has 2 amide bonds. The van der Waals surface area contributed by atoms with E-state index in [9.17, 15) is 9.59 Å². The van der Waals surface area contributed by atoms with Gasteiger partial charge in [-0.1, -0.05) is 53.8 Å². The van der Waals surface area contributed by atoms with E-state index in [1.807, 2.05) is 42.3 Å². The third kappa shape index (κ3) is 5.64. The van der Waals surface area contributed by atoms with Crippen LogP contribution in [0.1, 0.15) is 24.0 Å². The number of carbonyl (C=O) groups is 2. The van der Waals surface area contributed by atoms with Gasteiger partial charge in [0.15, 0.2) is 0 Å². The molecule has 2 saturated heterocycles. The fourth-order valence-corrected chi connectivity index (χ4v) is 4.36. The number of hydrazine groups is 1. The fraction of sp³-hybridized carbons (Fsp3) is 0.450. The third-order valence-electron chi connectivity index (χ3n) is 4.82. The first-order valence-corrected chi connectivity index (χ1v) is 10.7. The molecule has 0 aromatic heterocycles. The van der Waals surface area contributed by atoms with Crippen LogP contribution in [0, 0.1) is 6.92 Å². The van der Waals surface area contributed by atoms with Gasteiger partial charge in [0.05, 0.1) is 4.91 Å². The highest BCUT2D eigenvalue weighted by molar-refractivity contribution is 8.26. The lowest BCUT2D eigenvalue weighted by atomic mass is 10.1. The molecule has 0 spiro atoms. The Morgan fingerprint density at radius 2 is 1.89 bits per heavy atom. The molecular weight excluding hydrogens is 392 g/mol. The summed E-state index contributed by atoms with van der Waals surface area (Å²) in [6, 6.07) is 8.02. The number of piperazine rings is 1. The van der Waals surface area contributed by atoms with E-state index in [0.717, 1.165) is 31.7 Å². The molecule has 1 aromatic carbocycles. The van der Waals surface area contributed by atoms with Crippen molar-refractivity contribution in [1.29, 1.82) is 0 Å². The number of amides is 2. The van der Waals surface area contributed by atoms with E-state index >= 15 is 0 Å². The molecule has 6 nitrogen and oxygen atoms in total. The first-order valence-electron chi connectivity index (χ1n) is 9.47. The van der Waals surface area contributed by atoms with Gasteiger partial charge >= 0.3 is 0 Å². The number of nitrogens with zero attached hydrogens (tertiary/aromatic N) is 3. The molecule has 28 heavy (non-hydrogen) atoms. The van der Waals surface area contributed by atoms with Gasteiger partial charge in [0.1, 0.15) is 4.32 Å². The minimum Gasteiger partial charge on any atom is -0.304 e. The Morgan fingerprint density at radius 3 is 2.57 bits per heavy atom. The second kappa shape index (κ2) is 9.65. The van der Waals surface area contributed by atoms with Crippen molar-refractivity contribution in [3.63, 3.8) is 0 Å². The Kier molecular flexibility index (Phi) is 7.23. The maximum atomic E-state index is 12.6. The van der Waals surface area contributed by atoms with Gasteiger partial charge in [-0.15, -0.1) is 0 Å². The van der Waals surface area contributed by atoms with Crippen LogP contribution in [0.3, 0.4) is 0 Å². The maximum Gasteiger partial charge on any atom is 0.266 e. The van der Waals surface area contributed by atoms with Crippen molar-refractivity contribution < 1.29 is 9.59 Å². The van der Waals surface area contributed by atoms with Gasteiger partial charge in [0.2, 0.25) is 5.91 Å². The molecule has 0 unspecified atom stereocenters. The zero-order valence-corrected chi connectivity index (χ0v) is 17.9. The topological polar surface area (TPSA) is 55.9 Å². The number of aryl methyl sites for hydroxylation is 1. The molecule has 1 N–H and O–H groups in total. The summed E-state index contributed by atoms with van der Waals surface area (Å²) < 4.78 is 0.558. The normalized spacial score (nSPS) is 20.2. The number of thiocarbonyl (C=S) groups is 1. The molecule has 1 aromatic rings. The number of carbonyl (C=O) groups excluding carboxylic acids is 2. The zero-order valence-electron chi connectivity index (χ0n) is 16.3. The van der Waals surface area contributed by atoms with Crippen molar-refractivity contribution in [1.82, 2.24) is 20.2 Å². The van der Waals surface area contributed by atoms with Crippen molar-refractivity contribution in [2.24, 2.45) is 0 Å². The summed E-state index contributed by atoms with van der Waals surface area (Å²) in [5.41, 5.74) is 5.11. The van der Waals surface area contributed by atoms with Gasteiger partial charge in [-0.05, 0) is 32.0 Å². The first-order chi connectivity index (χ1) is 13.4. The smallest absolute Gasteiger partial charge is 0.266 e. The van der Waals surface area contributed by atoms with E-state index in [0.29, 0.717) is 28.6 Å². The summed E-state index contributed by atoms with van der Waals surface area (Å²) in [7, 11) is 2.08. The number of benzene rings is 1. The summed E-state index contributed by atoms with van der Waals surface area (Å²) in [6.07, 6.45) is 2.84. The van der Waals surface area contributed by atoms with Crippen LogP contribution in [0.15, 0.2) is 29.2 Å². The number of hydrogen-bond donors (Lipinski definition) is 1. The Labute approximate surface area is 175 Å². The van der Waals surface area contributed by atoms with Crippen LogP contribution in [0.5, 0.6) is 0 Å². The molecule has 3 rings (SSSR count). The van der Waals surface area contributed by atoms with Crippen LogP contribution >= 0.6 is 24.0 Å². The summed E-state index contributed by atoms with van der Waals surface area (Å²) in [4.78, 5) is 29.3. The molecule has 2 aliphatic rings. The molecule has 0 atom stereocenters. The quantitative estimate of drug-likeness (QED) is 0.565. The van der Waals surface area contributed by atoms with Crippen LogP contribution in [0.2, 0.25) is 0 Å². The van der Waals surface area contributed by atoms with Gasteiger partial charge in [0, 0.05) is 39.1 Å². The monoisotopic (exact) mass is 418 g/mol. The number of nitrogens with one attached hydrogen (secondary N) is 1. The highest BCUT2D eigenvalue weighted by Gasteiger charge is 2.31.